The first-order valence-electron chi connectivity index (χ1n) is 8.00. The van der Waals surface area contributed by atoms with E-state index in [1.807, 2.05) is 32.0 Å². The van der Waals surface area contributed by atoms with Crippen molar-refractivity contribution < 1.29 is 17.9 Å². The third-order valence-corrected chi connectivity index (χ3v) is 4.70. The Kier molecular flexibility index (Phi) is 6.42. The quantitative estimate of drug-likeness (QED) is 0.528. The Labute approximate surface area is 157 Å². The third-order valence-electron chi connectivity index (χ3n) is 3.79. The largest absolute Gasteiger partial charge is 0.388 e. The molecular weight excluding hydrogens is 371 g/mol. The van der Waals surface area contributed by atoms with Crippen LogP contribution in [0.15, 0.2) is 51.3 Å². The molecule has 5 N–H and O–H groups in total. The molecule has 0 saturated carbocycles. The standard InChI is InChI=1S/C18H21FN4O3S/c1-11-3-4-12(2)13(7-11)8-18(23-17(20)10-24)22-16-6-5-14(9-15(16)19)27(21,25)26/h3-7,9,24H,8,10H2,1-2H3,(H2,20,22,23)(H2,21,25,26). The Morgan fingerprint density at radius 3 is 2.48 bits per heavy atom. The molecule has 0 atom stereocenters. The molecule has 0 aliphatic carbocycles. The zero-order valence-corrected chi connectivity index (χ0v) is 15.8. The van der Waals surface area contributed by atoms with Crippen LogP contribution in [0.3, 0.4) is 0 Å². The van der Waals surface area contributed by atoms with Crippen LogP contribution in [0.4, 0.5) is 10.1 Å². The fourth-order valence-electron chi connectivity index (χ4n) is 2.36. The Bertz CT molecular complexity index is 1020. The first-order valence-corrected chi connectivity index (χ1v) is 9.54. The van der Waals surface area contributed by atoms with Gasteiger partial charge < -0.3 is 10.8 Å². The molecule has 0 aromatic heterocycles. The van der Waals surface area contributed by atoms with Gasteiger partial charge in [0, 0.05) is 6.42 Å². The number of rotatable bonds is 5. The molecule has 2 rings (SSSR count). The molecule has 0 radical (unpaired) electrons. The van der Waals surface area contributed by atoms with Crippen LogP contribution in [0.5, 0.6) is 0 Å². The molecule has 0 aliphatic rings. The van der Waals surface area contributed by atoms with Gasteiger partial charge in [-0.3, -0.25) is 0 Å². The molecule has 0 aliphatic heterocycles. The van der Waals surface area contributed by atoms with Gasteiger partial charge in [0.1, 0.15) is 29.8 Å². The Morgan fingerprint density at radius 1 is 1.19 bits per heavy atom. The van der Waals surface area contributed by atoms with E-state index in [-0.39, 0.29) is 28.7 Å². The molecule has 2 aromatic rings. The molecule has 9 heteroatoms. The van der Waals surface area contributed by atoms with E-state index in [1.54, 1.807) is 0 Å². The number of aliphatic hydroxyl groups excluding tert-OH is 1. The summed E-state index contributed by atoms with van der Waals surface area (Å²) in [6, 6.07) is 9.02. The lowest BCUT2D eigenvalue weighted by Crippen LogP contribution is -2.19. The van der Waals surface area contributed by atoms with Gasteiger partial charge in [0.25, 0.3) is 0 Å². The molecule has 0 unspecified atom stereocenters. The molecule has 0 amide bonds. The SMILES string of the molecule is Cc1ccc(C)c(CC(N=C(N)CO)=Nc2ccc(S(N)(=O)=O)cc2F)c1. The van der Waals surface area contributed by atoms with Gasteiger partial charge in [-0.2, -0.15) is 0 Å². The van der Waals surface area contributed by atoms with E-state index in [0.717, 1.165) is 28.8 Å². The minimum atomic E-state index is -4.02. The lowest BCUT2D eigenvalue weighted by Gasteiger charge is -2.09. The van der Waals surface area contributed by atoms with E-state index in [4.69, 9.17) is 16.0 Å². The summed E-state index contributed by atoms with van der Waals surface area (Å²) in [4.78, 5) is 7.86. The second-order valence-electron chi connectivity index (χ2n) is 6.05. The number of amidine groups is 2. The Hall–Kier alpha value is -2.62. The summed E-state index contributed by atoms with van der Waals surface area (Å²) in [5, 5.41) is 14.1. The zero-order valence-electron chi connectivity index (χ0n) is 15.0. The first-order chi connectivity index (χ1) is 12.6. The lowest BCUT2D eigenvalue weighted by atomic mass is 10.0. The third kappa shape index (κ3) is 5.68. The molecule has 144 valence electrons. The molecule has 0 heterocycles. The van der Waals surface area contributed by atoms with Gasteiger partial charge in [-0.1, -0.05) is 23.8 Å². The van der Waals surface area contributed by atoms with Crippen molar-refractivity contribution in [2.45, 2.75) is 25.2 Å². The Morgan fingerprint density at radius 2 is 1.89 bits per heavy atom. The van der Waals surface area contributed by atoms with Crippen molar-refractivity contribution in [2.75, 3.05) is 6.61 Å². The number of hydrogen-bond donors (Lipinski definition) is 3. The van der Waals surface area contributed by atoms with Gasteiger partial charge in [-0.05, 0) is 43.2 Å². The van der Waals surface area contributed by atoms with Gasteiger partial charge in [-0.25, -0.2) is 27.9 Å². The molecule has 7 nitrogen and oxygen atoms in total. The van der Waals surface area contributed by atoms with Crippen LogP contribution in [0, 0.1) is 19.7 Å². The lowest BCUT2D eigenvalue weighted by molar-refractivity contribution is 0.356. The molecule has 2 aromatic carbocycles. The maximum atomic E-state index is 14.3. The van der Waals surface area contributed by atoms with E-state index >= 15 is 0 Å². The maximum absolute atomic E-state index is 14.3. The summed E-state index contributed by atoms with van der Waals surface area (Å²) in [6.45, 7) is 3.39. The summed E-state index contributed by atoms with van der Waals surface area (Å²) >= 11 is 0. The molecule has 0 spiro atoms. The van der Waals surface area contributed by atoms with Crippen LogP contribution in [0.2, 0.25) is 0 Å². The van der Waals surface area contributed by atoms with Crippen molar-refractivity contribution in [3.05, 3.63) is 58.9 Å². The number of halogens is 1. The average Bonchev–Trinajstić information content (AvgIpc) is 2.58. The summed E-state index contributed by atoms with van der Waals surface area (Å²) in [5.41, 5.74) is 8.44. The molecule has 27 heavy (non-hydrogen) atoms. The number of aliphatic hydroxyl groups is 1. The summed E-state index contributed by atoms with van der Waals surface area (Å²) in [6.07, 6.45) is 0.255. The van der Waals surface area contributed by atoms with E-state index in [9.17, 15) is 12.8 Å². The smallest absolute Gasteiger partial charge is 0.238 e. The normalized spacial score (nSPS) is 13.1. The van der Waals surface area contributed by atoms with E-state index < -0.39 is 22.4 Å². The highest BCUT2D eigenvalue weighted by molar-refractivity contribution is 7.89. The second kappa shape index (κ2) is 8.38. The predicted molar refractivity (Wildman–Crippen MR) is 103 cm³/mol. The highest BCUT2D eigenvalue weighted by Crippen LogP contribution is 2.22. The van der Waals surface area contributed by atoms with Gasteiger partial charge in [-0.15, -0.1) is 0 Å². The van der Waals surface area contributed by atoms with Crippen LogP contribution in [0.1, 0.15) is 16.7 Å². The van der Waals surface area contributed by atoms with Crippen molar-refractivity contribution in [2.24, 2.45) is 20.9 Å². The number of sulfonamides is 1. The van der Waals surface area contributed by atoms with Crippen LogP contribution >= 0.6 is 0 Å². The highest BCUT2D eigenvalue weighted by atomic mass is 32.2. The van der Waals surface area contributed by atoms with Gasteiger partial charge in [0.15, 0.2) is 0 Å². The number of primary sulfonamides is 1. The second-order valence-corrected chi connectivity index (χ2v) is 7.62. The maximum Gasteiger partial charge on any atom is 0.238 e. The first kappa shape index (κ1) is 20.7. The topological polar surface area (TPSA) is 131 Å². The van der Waals surface area contributed by atoms with Gasteiger partial charge in [0.05, 0.1) is 4.90 Å². The van der Waals surface area contributed by atoms with E-state index in [2.05, 4.69) is 9.98 Å². The minimum absolute atomic E-state index is 0.0689. The van der Waals surface area contributed by atoms with Crippen molar-refractivity contribution in [3.63, 3.8) is 0 Å². The van der Waals surface area contributed by atoms with Crippen molar-refractivity contribution in [3.8, 4) is 0 Å². The summed E-state index contributed by atoms with van der Waals surface area (Å²) < 4.78 is 36.9. The number of benzene rings is 2. The minimum Gasteiger partial charge on any atom is -0.388 e. The van der Waals surface area contributed by atoms with Crippen LogP contribution in [-0.4, -0.2) is 31.8 Å². The molecular formula is C18H21FN4O3S. The number of hydrogen-bond acceptors (Lipinski definition) is 4. The van der Waals surface area contributed by atoms with Gasteiger partial charge >= 0.3 is 0 Å². The van der Waals surface area contributed by atoms with E-state index in [1.165, 1.54) is 6.07 Å². The highest BCUT2D eigenvalue weighted by Gasteiger charge is 2.13. The summed E-state index contributed by atoms with van der Waals surface area (Å²) in [5.74, 6) is -0.754. The molecule has 0 fully saturated rings. The van der Waals surface area contributed by atoms with Crippen LogP contribution in [-0.2, 0) is 16.4 Å². The number of aliphatic imine (C=N–C) groups is 2. The number of aryl methyl sites for hydroxylation is 2. The van der Waals surface area contributed by atoms with Crippen molar-refractivity contribution >= 4 is 27.4 Å². The number of nitrogens with two attached hydrogens (primary N) is 2. The van der Waals surface area contributed by atoms with Crippen molar-refractivity contribution in [1.29, 1.82) is 0 Å². The van der Waals surface area contributed by atoms with Crippen molar-refractivity contribution in [1.82, 2.24) is 0 Å². The fourth-order valence-corrected chi connectivity index (χ4v) is 2.89. The predicted octanol–water partition coefficient (Wildman–Crippen LogP) is 1.71. The van der Waals surface area contributed by atoms with E-state index in [0.29, 0.717) is 0 Å². The van der Waals surface area contributed by atoms with Gasteiger partial charge in [0.2, 0.25) is 10.0 Å². The Balaban J connectivity index is 2.49. The molecule has 0 saturated heterocycles. The van der Waals surface area contributed by atoms with Crippen LogP contribution < -0.4 is 10.9 Å². The average molecular weight is 392 g/mol. The zero-order chi connectivity index (χ0) is 20.2. The summed E-state index contributed by atoms with van der Waals surface area (Å²) in [7, 11) is -4.02. The monoisotopic (exact) mass is 392 g/mol. The number of nitrogens with zero attached hydrogens (tertiary/aromatic N) is 2. The van der Waals surface area contributed by atoms with Crippen LogP contribution in [0.25, 0.3) is 0 Å². The molecule has 0 bridgehead atoms. The fraction of sp³-hybridized carbons (Fsp3) is 0.222.